The van der Waals surface area contributed by atoms with Crippen LogP contribution < -0.4 is 0 Å². The molecule has 0 saturated carbocycles. The van der Waals surface area contributed by atoms with Crippen molar-refractivity contribution in [2.45, 2.75) is 25.5 Å². The minimum absolute atomic E-state index is 0.0330. The van der Waals surface area contributed by atoms with Crippen LogP contribution in [0.4, 0.5) is 0 Å². The molecule has 1 aliphatic heterocycles. The summed E-state index contributed by atoms with van der Waals surface area (Å²) in [5.74, 6) is -1.43. The Hall–Kier alpha value is -2.21. The minimum atomic E-state index is -2.06. The van der Waals surface area contributed by atoms with Crippen LogP contribution in [0.25, 0.3) is 0 Å². The average Bonchev–Trinajstić information content (AvgIpc) is 2.85. The molecule has 1 N–H and O–H groups in total. The molecular formula is C14H16N2O4. The van der Waals surface area contributed by atoms with Crippen LogP contribution in [0.3, 0.4) is 0 Å². The van der Waals surface area contributed by atoms with Gasteiger partial charge in [-0.25, -0.2) is 4.79 Å². The van der Waals surface area contributed by atoms with Crippen LogP contribution in [0.1, 0.15) is 30.1 Å². The smallest absolute Gasteiger partial charge is 0.361 e. The lowest BCUT2D eigenvalue weighted by molar-refractivity contribution is -0.176. The van der Waals surface area contributed by atoms with E-state index in [4.69, 9.17) is 0 Å². The minimum Gasteiger partial charge on any atom is -0.465 e. The first-order valence-corrected chi connectivity index (χ1v) is 6.29. The molecule has 0 radical (unpaired) electrons. The molecule has 1 amide bonds. The molecule has 6 nitrogen and oxygen atoms in total. The molecule has 106 valence electrons. The molecule has 20 heavy (non-hydrogen) atoms. The Morgan fingerprint density at radius 1 is 1.40 bits per heavy atom. The average molecular weight is 276 g/mol. The van der Waals surface area contributed by atoms with Gasteiger partial charge in [0.1, 0.15) is 0 Å². The van der Waals surface area contributed by atoms with Crippen molar-refractivity contribution in [3.63, 3.8) is 0 Å². The monoisotopic (exact) mass is 276 g/mol. The molecule has 6 heteroatoms. The number of aliphatic hydroxyl groups is 1. The van der Waals surface area contributed by atoms with Gasteiger partial charge in [0, 0.05) is 17.7 Å². The Morgan fingerprint density at radius 2 is 2.05 bits per heavy atom. The summed E-state index contributed by atoms with van der Waals surface area (Å²) in [4.78, 5) is 24.2. The lowest BCUT2D eigenvalue weighted by Gasteiger charge is -2.28. The number of carbonyl (C=O) groups excluding carboxylic acids is 2. The summed E-state index contributed by atoms with van der Waals surface area (Å²) in [6.07, 6.45) is 0.507. The Morgan fingerprint density at radius 3 is 2.60 bits per heavy atom. The van der Waals surface area contributed by atoms with Gasteiger partial charge in [0.15, 0.2) is 0 Å². The van der Waals surface area contributed by atoms with E-state index in [-0.39, 0.29) is 6.42 Å². The van der Waals surface area contributed by atoms with E-state index in [0.717, 1.165) is 12.1 Å². The molecule has 0 aliphatic carbocycles. The molecule has 1 heterocycles. The third kappa shape index (κ3) is 2.30. The maximum absolute atomic E-state index is 12.4. The van der Waals surface area contributed by atoms with Gasteiger partial charge in [0.05, 0.1) is 7.11 Å². The Labute approximate surface area is 116 Å². The quantitative estimate of drug-likeness (QED) is 0.840. The van der Waals surface area contributed by atoms with Gasteiger partial charge in [-0.1, -0.05) is 25.1 Å². The molecule has 0 saturated heterocycles. The molecule has 0 bridgehead atoms. The van der Waals surface area contributed by atoms with Crippen molar-refractivity contribution >= 4 is 17.6 Å². The number of nitrogens with zero attached hydrogens (tertiary/aromatic N) is 2. The number of carbonyl (C=O) groups is 2. The van der Waals surface area contributed by atoms with Gasteiger partial charge in [-0.2, -0.15) is 10.1 Å². The first-order chi connectivity index (χ1) is 9.52. The van der Waals surface area contributed by atoms with Crippen LogP contribution in [0.5, 0.6) is 0 Å². The van der Waals surface area contributed by atoms with Crippen molar-refractivity contribution in [3.05, 3.63) is 35.9 Å². The third-order valence-electron chi connectivity index (χ3n) is 3.18. The summed E-state index contributed by atoms with van der Waals surface area (Å²) in [7, 11) is 1.16. The van der Waals surface area contributed by atoms with Crippen LogP contribution in [0.2, 0.25) is 0 Å². The zero-order chi connectivity index (χ0) is 14.8. The summed E-state index contributed by atoms with van der Waals surface area (Å²) < 4.78 is 4.59. The fourth-order valence-corrected chi connectivity index (χ4v) is 2.05. The van der Waals surface area contributed by atoms with Crippen LogP contribution in [0.15, 0.2) is 35.4 Å². The molecular weight excluding hydrogens is 260 g/mol. The maximum Gasteiger partial charge on any atom is 0.361 e. The number of hydrazone groups is 1. The topological polar surface area (TPSA) is 79.2 Å². The van der Waals surface area contributed by atoms with Crippen molar-refractivity contribution < 1.29 is 19.4 Å². The van der Waals surface area contributed by atoms with E-state index >= 15 is 0 Å². The Balaban J connectivity index is 2.38. The highest BCUT2D eigenvalue weighted by Gasteiger charge is 2.51. The Bertz CT molecular complexity index is 556. The lowest BCUT2D eigenvalue weighted by Crippen LogP contribution is -2.52. The van der Waals surface area contributed by atoms with E-state index in [0.29, 0.717) is 17.7 Å². The molecule has 1 aromatic carbocycles. The van der Waals surface area contributed by atoms with Crippen molar-refractivity contribution in [2.75, 3.05) is 7.11 Å². The standard InChI is InChI=1S/C14H16N2O4/c1-3-11-9-14(19,13(18)20-2)16(15-11)12(17)10-7-5-4-6-8-10/h4-8,19H,3,9H2,1-2H3. The van der Waals surface area contributed by atoms with Gasteiger partial charge in [-0.05, 0) is 18.6 Å². The molecule has 1 atom stereocenters. The van der Waals surface area contributed by atoms with Gasteiger partial charge in [0.2, 0.25) is 0 Å². The second kappa shape index (κ2) is 5.42. The largest absolute Gasteiger partial charge is 0.465 e. The van der Waals surface area contributed by atoms with E-state index in [9.17, 15) is 14.7 Å². The number of amides is 1. The lowest BCUT2D eigenvalue weighted by atomic mass is 10.1. The molecule has 0 spiro atoms. The summed E-state index contributed by atoms with van der Waals surface area (Å²) >= 11 is 0. The predicted octanol–water partition coefficient (Wildman–Crippen LogP) is 1.16. The normalized spacial score (nSPS) is 21.6. The summed E-state index contributed by atoms with van der Waals surface area (Å²) in [5, 5.41) is 15.3. The molecule has 0 aromatic heterocycles. The van der Waals surface area contributed by atoms with Crippen molar-refractivity contribution in [1.82, 2.24) is 5.01 Å². The number of methoxy groups -OCH3 is 1. The van der Waals surface area contributed by atoms with E-state index in [1.807, 2.05) is 6.92 Å². The molecule has 1 aliphatic rings. The van der Waals surface area contributed by atoms with E-state index in [2.05, 4.69) is 9.84 Å². The second-order valence-corrected chi connectivity index (χ2v) is 4.49. The predicted molar refractivity (Wildman–Crippen MR) is 71.9 cm³/mol. The summed E-state index contributed by atoms with van der Waals surface area (Å²) in [6.45, 7) is 1.84. The molecule has 0 fully saturated rings. The van der Waals surface area contributed by atoms with Crippen molar-refractivity contribution in [2.24, 2.45) is 5.10 Å². The van der Waals surface area contributed by atoms with Gasteiger partial charge < -0.3 is 9.84 Å². The van der Waals surface area contributed by atoms with Crippen molar-refractivity contribution in [1.29, 1.82) is 0 Å². The second-order valence-electron chi connectivity index (χ2n) is 4.49. The van der Waals surface area contributed by atoms with E-state index in [1.54, 1.807) is 30.3 Å². The number of hydrogen-bond donors (Lipinski definition) is 1. The first-order valence-electron chi connectivity index (χ1n) is 6.29. The number of esters is 1. The summed E-state index contributed by atoms with van der Waals surface area (Å²) in [5.41, 5.74) is -1.15. The number of benzene rings is 1. The highest BCUT2D eigenvalue weighted by molar-refractivity contribution is 6.02. The SMILES string of the molecule is CCC1=NN(C(=O)c2ccccc2)C(O)(C(=O)OC)C1. The zero-order valence-electron chi connectivity index (χ0n) is 11.4. The molecule has 2 rings (SSSR count). The molecule has 1 unspecified atom stereocenters. The highest BCUT2D eigenvalue weighted by atomic mass is 16.5. The van der Waals surface area contributed by atoms with Gasteiger partial charge >= 0.3 is 5.97 Å². The highest BCUT2D eigenvalue weighted by Crippen LogP contribution is 2.29. The molecule has 1 aromatic rings. The maximum atomic E-state index is 12.4. The number of rotatable bonds is 3. The number of hydrogen-bond acceptors (Lipinski definition) is 5. The van der Waals surface area contributed by atoms with Gasteiger partial charge in [-0.3, -0.25) is 4.79 Å². The van der Waals surface area contributed by atoms with Crippen LogP contribution >= 0.6 is 0 Å². The third-order valence-corrected chi connectivity index (χ3v) is 3.18. The van der Waals surface area contributed by atoms with Crippen molar-refractivity contribution in [3.8, 4) is 0 Å². The Kier molecular flexibility index (Phi) is 3.85. The van der Waals surface area contributed by atoms with E-state index in [1.165, 1.54) is 0 Å². The first kappa shape index (κ1) is 14.2. The van der Waals surface area contributed by atoms with Crippen LogP contribution in [0, 0.1) is 0 Å². The van der Waals surface area contributed by atoms with E-state index < -0.39 is 17.6 Å². The zero-order valence-corrected chi connectivity index (χ0v) is 11.4. The number of ether oxygens (including phenoxy) is 1. The summed E-state index contributed by atoms with van der Waals surface area (Å²) in [6, 6.07) is 8.36. The van der Waals surface area contributed by atoms with Gasteiger partial charge in [0.25, 0.3) is 11.6 Å². The van der Waals surface area contributed by atoms with Crippen LogP contribution in [-0.4, -0.2) is 40.5 Å². The van der Waals surface area contributed by atoms with Crippen LogP contribution in [-0.2, 0) is 9.53 Å². The fraction of sp³-hybridized carbons (Fsp3) is 0.357. The fourth-order valence-electron chi connectivity index (χ4n) is 2.05. The van der Waals surface area contributed by atoms with Gasteiger partial charge in [-0.15, -0.1) is 0 Å².